The van der Waals surface area contributed by atoms with Gasteiger partial charge in [-0.25, -0.2) is 0 Å². The number of carbonyl (C=O) groups excluding carboxylic acids is 1. The number of nitrogens with zero attached hydrogens (tertiary/aromatic N) is 1. The second kappa shape index (κ2) is 9.23. The Kier molecular flexibility index (Phi) is 6.48. The molecule has 3 rings (SSSR count). The molecule has 0 atom stereocenters. The SMILES string of the molecule is Cc1cccc(-c2cccc(CNC(=O)CCc3c(C)[nH]c(=O)c(C#N)c3C)c2)c1. The number of hydrogen-bond donors (Lipinski definition) is 2. The Balaban J connectivity index is 1.63. The zero-order valence-electron chi connectivity index (χ0n) is 17.5. The van der Waals surface area contributed by atoms with Gasteiger partial charge in [-0.15, -0.1) is 0 Å². The first-order valence-corrected chi connectivity index (χ1v) is 9.94. The molecular formula is C25H25N3O2. The van der Waals surface area contributed by atoms with Crippen LogP contribution in [-0.2, 0) is 17.8 Å². The number of nitriles is 1. The van der Waals surface area contributed by atoms with Gasteiger partial charge in [0, 0.05) is 18.7 Å². The number of H-pyrrole nitrogens is 1. The summed E-state index contributed by atoms with van der Waals surface area (Å²) in [5, 5.41) is 12.1. The Labute approximate surface area is 176 Å². The van der Waals surface area contributed by atoms with Crippen molar-refractivity contribution in [3.8, 4) is 17.2 Å². The van der Waals surface area contributed by atoms with E-state index in [1.807, 2.05) is 24.3 Å². The van der Waals surface area contributed by atoms with E-state index < -0.39 is 0 Å². The zero-order valence-corrected chi connectivity index (χ0v) is 17.5. The summed E-state index contributed by atoms with van der Waals surface area (Å²) in [6.45, 7) is 6.06. The summed E-state index contributed by atoms with van der Waals surface area (Å²) in [4.78, 5) is 26.9. The van der Waals surface area contributed by atoms with Gasteiger partial charge in [0.1, 0.15) is 11.6 Å². The summed E-state index contributed by atoms with van der Waals surface area (Å²) in [5.74, 6) is -0.0699. The number of hydrogen-bond acceptors (Lipinski definition) is 3. The van der Waals surface area contributed by atoms with Crippen LogP contribution in [0, 0.1) is 32.1 Å². The molecule has 2 aromatic carbocycles. The molecule has 0 aliphatic carbocycles. The number of aromatic nitrogens is 1. The van der Waals surface area contributed by atoms with Gasteiger partial charge in [0.15, 0.2) is 0 Å². The van der Waals surface area contributed by atoms with Gasteiger partial charge in [-0.05, 0) is 61.1 Å². The topological polar surface area (TPSA) is 85.8 Å². The van der Waals surface area contributed by atoms with Crippen molar-refractivity contribution >= 4 is 5.91 Å². The normalized spacial score (nSPS) is 10.5. The quantitative estimate of drug-likeness (QED) is 0.655. The van der Waals surface area contributed by atoms with Crippen molar-refractivity contribution in [1.82, 2.24) is 10.3 Å². The Bertz CT molecular complexity index is 1190. The third kappa shape index (κ3) is 4.84. The number of aromatic amines is 1. The van der Waals surface area contributed by atoms with Crippen LogP contribution >= 0.6 is 0 Å². The number of benzene rings is 2. The number of nitrogens with one attached hydrogen (secondary N) is 2. The number of carbonyl (C=O) groups is 1. The standard InChI is InChI=1S/C25H25N3O2/c1-16-6-4-8-20(12-16)21-9-5-7-19(13-21)15-27-24(29)11-10-22-17(2)23(14-26)25(30)28-18(22)3/h4-9,12-13H,10-11,15H2,1-3H3,(H,27,29)(H,28,30). The van der Waals surface area contributed by atoms with E-state index in [4.69, 9.17) is 0 Å². The van der Waals surface area contributed by atoms with E-state index in [1.165, 1.54) is 5.56 Å². The molecule has 0 radical (unpaired) electrons. The first-order chi connectivity index (χ1) is 14.4. The lowest BCUT2D eigenvalue weighted by molar-refractivity contribution is -0.121. The van der Waals surface area contributed by atoms with Gasteiger partial charge in [-0.2, -0.15) is 5.26 Å². The fraction of sp³-hybridized carbons (Fsp3) is 0.240. The van der Waals surface area contributed by atoms with Gasteiger partial charge >= 0.3 is 0 Å². The molecule has 0 bridgehead atoms. The molecule has 0 aliphatic heterocycles. The molecule has 0 unspecified atom stereocenters. The molecule has 1 heterocycles. The third-order valence-electron chi connectivity index (χ3n) is 5.29. The van der Waals surface area contributed by atoms with Crippen molar-refractivity contribution in [3.63, 3.8) is 0 Å². The Hall–Kier alpha value is -3.65. The largest absolute Gasteiger partial charge is 0.352 e. The van der Waals surface area contributed by atoms with E-state index in [9.17, 15) is 14.9 Å². The van der Waals surface area contributed by atoms with Gasteiger partial charge in [-0.1, -0.05) is 48.0 Å². The highest BCUT2D eigenvalue weighted by molar-refractivity contribution is 5.76. The number of aryl methyl sites for hydroxylation is 2. The molecule has 30 heavy (non-hydrogen) atoms. The molecule has 1 aromatic heterocycles. The van der Waals surface area contributed by atoms with E-state index in [-0.39, 0.29) is 23.5 Å². The smallest absolute Gasteiger partial charge is 0.266 e. The minimum Gasteiger partial charge on any atom is -0.352 e. The van der Waals surface area contributed by atoms with E-state index >= 15 is 0 Å². The summed E-state index contributed by atoms with van der Waals surface area (Å²) in [6, 6.07) is 18.4. The number of amides is 1. The molecular weight excluding hydrogens is 374 g/mol. The number of pyridine rings is 1. The highest BCUT2D eigenvalue weighted by atomic mass is 16.1. The van der Waals surface area contributed by atoms with Crippen molar-refractivity contribution in [1.29, 1.82) is 5.26 Å². The predicted molar refractivity (Wildman–Crippen MR) is 118 cm³/mol. The van der Waals surface area contributed by atoms with Gasteiger partial charge < -0.3 is 10.3 Å². The van der Waals surface area contributed by atoms with Crippen LogP contribution in [0.25, 0.3) is 11.1 Å². The van der Waals surface area contributed by atoms with Crippen molar-refractivity contribution in [2.75, 3.05) is 0 Å². The Morgan fingerprint density at radius 1 is 1.07 bits per heavy atom. The van der Waals surface area contributed by atoms with Crippen LogP contribution in [0.5, 0.6) is 0 Å². The van der Waals surface area contributed by atoms with E-state index in [2.05, 4.69) is 47.6 Å². The third-order valence-corrected chi connectivity index (χ3v) is 5.29. The highest BCUT2D eigenvalue weighted by Gasteiger charge is 2.13. The van der Waals surface area contributed by atoms with Crippen LogP contribution in [0.4, 0.5) is 0 Å². The summed E-state index contributed by atoms with van der Waals surface area (Å²) < 4.78 is 0. The van der Waals surface area contributed by atoms with Crippen molar-refractivity contribution in [2.45, 2.75) is 40.2 Å². The highest BCUT2D eigenvalue weighted by Crippen LogP contribution is 2.21. The molecule has 1 amide bonds. The predicted octanol–water partition coefficient (Wildman–Crippen LogP) is 4.09. The minimum atomic E-state index is -0.380. The molecule has 0 saturated heterocycles. The van der Waals surface area contributed by atoms with E-state index in [0.29, 0.717) is 24.2 Å². The molecule has 3 aromatic rings. The molecule has 0 aliphatic rings. The van der Waals surface area contributed by atoms with Gasteiger partial charge in [0.2, 0.25) is 5.91 Å². The molecule has 5 nitrogen and oxygen atoms in total. The van der Waals surface area contributed by atoms with Gasteiger partial charge in [0.25, 0.3) is 5.56 Å². The summed E-state index contributed by atoms with van der Waals surface area (Å²) in [5.41, 5.74) is 6.45. The molecule has 0 spiro atoms. The summed E-state index contributed by atoms with van der Waals surface area (Å²) in [7, 11) is 0. The van der Waals surface area contributed by atoms with Crippen molar-refractivity contribution in [3.05, 3.63) is 92.4 Å². The fourth-order valence-corrected chi connectivity index (χ4v) is 3.63. The average molecular weight is 399 g/mol. The van der Waals surface area contributed by atoms with Crippen LogP contribution < -0.4 is 10.9 Å². The van der Waals surface area contributed by atoms with E-state index in [0.717, 1.165) is 22.3 Å². The Morgan fingerprint density at radius 2 is 1.77 bits per heavy atom. The molecule has 0 fully saturated rings. The fourth-order valence-electron chi connectivity index (χ4n) is 3.63. The minimum absolute atomic E-state index is 0.0699. The zero-order chi connectivity index (χ0) is 21.7. The second-order valence-electron chi connectivity index (χ2n) is 7.52. The molecule has 152 valence electrons. The lowest BCUT2D eigenvalue weighted by Crippen LogP contribution is -2.24. The second-order valence-corrected chi connectivity index (χ2v) is 7.52. The van der Waals surface area contributed by atoms with Crippen molar-refractivity contribution in [2.24, 2.45) is 0 Å². The van der Waals surface area contributed by atoms with Crippen LogP contribution in [0.3, 0.4) is 0 Å². The van der Waals surface area contributed by atoms with Gasteiger partial charge in [0.05, 0.1) is 0 Å². The van der Waals surface area contributed by atoms with Crippen LogP contribution in [0.15, 0.2) is 53.3 Å². The maximum absolute atomic E-state index is 12.4. The summed E-state index contributed by atoms with van der Waals surface area (Å²) in [6.07, 6.45) is 0.758. The lowest BCUT2D eigenvalue weighted by Gasteiger charge is -2.11. The van der Waals surface area contributed by atoms with Crippen LogP contribution in [0.1, 0.15) is 39.9 Å². The molecule has 5 heteroatoms. The molecule has 0 saturated carbocycles. The van der Waals surface area contributed by atoms with Crippen LogP contribution in [-0.4, -0.2) is 10.9 Å². The lowest BCUT2D eigenvalue weighted by atomic mass is 9.99. The van der Waals surface area contributed by atoms with Crippen LogP contribution in [0.2, 0.25) is 0 Å². The first-order valence-electron chi connectivity index (χ1n) is 9.94. The monoisotopic (exact) mass is 399 g/mol. The molecule has 2 N–H and O–H groups in total. The van der Waals surface area contributed by atoms with Crippen molar-refractivity contribution < 1.29 is 4.79 Å². The number of rotatable bonds is 6. The average Bonchev–Trinajstić information content (AvgIpc) is 2.72. The Morgan fingerprint density at radius 3 is 2.47 bits per heavy atom. The first kappa shape index (κ1) is 21.1. The van der Waals surface area contributed by atoms with E-state index in [1.54, 1.807) is 13.8 Å². The maximum Gasteiger partial charge on any atom is 0.266 e. The summed E-state index contributed by atoms with van der Waals surface area (Å²) >= 11 is 0. The van der Waals surface area contributed by atoms with Gasteiger partial charge in [-0.3, -0.25) is 9.59 Å². The maximum atomic E-state index is 12.4.